The van der Waals surface area contributed by atoms with Crippen molar-refractivity contribution in [3.63, 3.8) is 0 Å². The molecule has 1 aromatic rings. The van der Waals surface area contributed by atoms with E-state index in [1.165, 1.54) is 0 Å². The van der Waals surface area contributed by atoms with Crippen LogP contribution in [0.2, 0.25) is 5.02 Å². The molecule has 0 radical (unpaired) electrons. The van der Waals surface area contributed by atoms with Gasteiger partial charge in [0.2, 0.25) is 0 Å². The molecule has 1 rings (SSSR count). The van der Waals surface area contributed by atoms with Crippen LogP contribution in [0, 0.1) is 6.92 Å². The fourth-order valence-electron chi connectivity index (χ4n) is 1.57. The molecule has 0 atom stereocenters. The number of halogens is 1. The number of benzene rings is 1. The van der Waals surface area contributed by atoms with Crippen molar-refractivity contribution in [2.45, 2.75) is 20.3 Å². The van der Waals surface area contributed by atoms with Crippen LogP contribution in [0.25, 0.3) is 0 Å². The van der Waals surface area contributed by atoms with Crippen molar-refractivity contribution >= 4 is 17.5 Å². The predicted octanol–water partition coefficient (Wildman–Crippen LogP) is 2.38. The van der Waals surface area contributed by atoms with E-state index in [9.17, 15) is 4.79 Å². The molecule has 0 bridgehead atoms. The molecule has 4 heteroatoms. The maximum Gasteiger partial charge on any atom is 0.251 e. The molecule has 17 heavy (non-hydrogen) atoms. The largest absolute Gasteiger partial charge is 0.352 e. The molecular weight excluding hydrogens is 236 g/mol. The molecule has 1 amide bonds. The fourth-order valence-corrected chi connectivity index (χ4v) is 1.80. The number of nitrogens with one attached hydrogen (secondary N) is 2. The van der Waals surface area contributed by atoms with E-state index in [1.807, 2.05) is 6.92 Å². The number of hydrogen-bond donors (Lipinski definition) is 2. The molecule has 0 heterocycles. The predicted molar refractivity (Wildman–Crippen MR) is 71.7 cm³/mol. The smallest absolute Gasteiger partial charge is 0.251 e. The Morgan fingerprint density at radius 3 is 2.76 bits per heavy atom. The van der Waals surface area contributed by atoms with E-state index in [0.29, 0.717) is 17.1 Å². The average molecular weight is 255 g/mol. The van der Waals surface area contributed by atoms with Crippen molar-refractivity contribution in [2.75, 3.05) is 19.6 Å². The highest BCUT2D eigenvalue weighted by Gasteiger charge is 2.07. The quantitative estimate of drug-likeness (QED) is 0.766. The molecular formula is C13H19ClN2O. The second-order valence-electron chi connectivity index (χ2n) is 3.92. The Kier molecular flexibility index (Phi) is 6.01. The van der Waals surface area contributed by atoms with Crippen LogP contribution in [0.1, 0.15) is 29.3 Å². The molecule has 0 aliphatic rings. The van der Waals surface area contributed by atoms with E-state index < -0.39 is 0 Å². The zero-order chi connectivity index (χ0) is 12.7. The molecule has 3 nitrogen and oxygen atoms in total. The Morgan fingerprint density at radius 2 is 2.12 bits per heavy atom. The van der Waals surface area contributed by atoms with Crippen molar-refractivity contribution in [3.05, 3.63) is 34.3 Å². The van der Waals surface area contributed by atoms with Crippen LogP contribution in [0.15, 0.2) is 18.2 Å². The standard InChI is InChI=1S/C13H19ClN2O/c1-3-15-7-4-8-16-13(17)12-6-5-11(14)9-10(12)2/h5-6,9,15H,3-4,7-8H2,1-2H3,(H,16,17). The number of rotatable bonds is 6. The van der Waals surface area contributed by atoms with Gasteiger partial charge in [-0.1, -0.05) is 18.5 Å². The summed E-state index contributed by atoms with van der Waals surface area (Å²) < 4.78 is 0. The number of amides is 1. The summed E-state index contributed by atoms with van der Waals surface area (Å²) in [5.41, 5.74) is 1.60. The number of carbonyl (C=O) groups is 1. The maximum absolute atomic E-state index is 11.8. The highest BCUT2D eigenvalue weighted by Crippen LogP contribution is 2.14. The molecule has 0 saturated carbocycles. The van der Waals surface area contributed by atoms with Gasteiger partial charge < -0.3 is 10.6 Å². The van der Waals surface area contributed by atoms with Crippen molar-refractivity contribution < 1.29 is 4.79 Å². The van der Waals surface area contributed by atoms with E-state index in [0.717, 1.165) is 25.1 Å². The Balaban J connectivity index is 2.42. The Morgan fingerprint density at radius 1 is 1.35 bits per heavy atom. The Hall–Kier alpha value is -1.06. The lowest BCUT2D eigenvalue weighted by atomic mass is 10.1. The lowest BCUT2D eigenvalue weighted by Gasteiger charge is -2.08. The van der Waals surface area contributed by atoms with Crippen LogP contribution in [-0.4, -0.2) is 25.5 Å². The molecule has 0 saturated heterocycles. The lowest BCUT2D eigenvalue weighted by Crippen LogP contribution is -2.27. The molecule has 0 aromatic heterocycles. The topological polar surface area (TPSA) is 41.1 Å². The van der Waals surface area contributed by atoms with Crippen molar-refractivity contribution in [1.29, 1.82) is 0 Å². The van der Waals surface area contributed by atoms with Crippen molar-refractivity contribution in [2.24, 2.45) is 0 Å². The van der Waals surface area contributed by atoms with E-state index >= 15 is 0 Å². The fraction of sp³-hybridized carbons (Fsp3) is 0.462. The van der Waals surface area contributed by atoms with E-state index in [2.05, 4.69) is 17.6 Å². The molecule has 0 aliphatic carbocycles. The van der Waals surface area contributed by atoms with Gasteiger partial charge in [0.15, 0.2) is 0 Å². The first-order valence-corrected chi connectivity index (χ1v) is 6.28. The van der Waals surface area contributed by atoms with Crippen LogP contribution >= 0.6 is 11.6 Å². The first-order chi connectivity index (χ1) is 8.15. The third-order valence-electron chi connectivity index (χ3n) is 2.50. The SMILES string of the molecule is CCNCCCNC(=O)c1ccc(Cl)cc1C. The molecule has 1 aromatic carbocycles. The highest BCUT2D eigenvalue weighted by molar-refractivity contribution is 6.30. The van der Waals surface area contributed by atoms with Gasteiger partial charge in [-0.15, -0.1) is 0 Å². The van der Waals surface area contributed by atoms with Crippen molar-refractivity contribution in [3.8, 4) is 0 Å². The molecule has 2 N–H and O–H groups in total. The zero-order valence-electron chi connectivity index (χ0n) is 10.3. The van der Waals surface area contributed by atoms with Gasteiger partial charge in [0.05, 0.1) is 0 Å². The second-order valence-corrected chi connectivity index (χ2v) is 4.36. The van der Waals surface area contributed by atoms with Gasteiger partial charge in [-0.25, -0.2) is 0 Å². The van der Waals surface area contributed by atoms with Gasteiger partial charge in [0.25, 0.3) is 5.91 Å². The van der Waals surface area contributed by atoms with Gasteiger partial charge in [-0.3, -0.25) is 4.79 Å². The summed E-state index contributed by atoms with van der Waals surface area (Å²) in [6, 6.07) is 5.30. The van der Waals surface area contributed by atoms with Crippen LogP contribution in [0.3, 0.4) is 0 Å². The molecule has 0 fully saturated rings. The number of carbonyl (C=O) groups excluding carboxylic acids is 1. The van der Waals surface area contributed by atoms with E-state index in [1.54, 1.807) is 18.2 Å². The number of hydrogen-bond acceptors (Lipinski definition) is 2. The summed E-state index contributed by atoms with van der Waals surface area (Å²) in [6.45, 7) is 6.53. The average Bonchev–Trinajstić information content (AvgIpc) is 2.28. The summed E-state index contributed by atoms with van der Waals surface area (Å²) >= 11 is 5.84. The van der Waals surface area contributed by atoms with Gasteiger partial charge in [-0.2, -0.15) is 0 Å². The molecule has 0 spiro atoms. The van der Waals surface area contributed by atoms with Crippen LogP contribution in [0.4, 0.5) is 0 Å². The van der Waals surface area contributed by atoms with Gasteiger partial charge >= 0.3 is 0 Å². The highest BCUT2D eigenvalue weighted by atomic mass is 35.5. The molecule has 0 unspecified atom stereocenters. The minimum absolute atomic E-state index is 0.0318. The van der Waals surface area contributed by atoms with Crippen LogP contribution < -0.4 is 10.6 Å². The summed E-state index contributed by atoms with van der Waals surface area (Å²) in [6.07, 6.45) is 0.937. The first kappa shape index (κ1) is 14.0. The molecule has 0 aliphatic heterocycles. The molecule has 94 valence electrons. The van der Waals surface area contributed by atoms with Crippen LogP contribution in [-0.2, 0) is 0 Å². The Bertz CT molecular complexity index is 380. The van der Waals surface area contributed by atoms with E-state index in [-0.39, 0.29) is 5.91 Å². The van der Waals surface area contributed by atoms with Gasteiger partial charge in [0, 0.05) is 17.1 Å². The summed E-state index contributed by atoms with van der Waals surface area (Å²) in [7, 11) is 0. The minimum Gasteiger partial charge on any atom is -0.352 e. The summed E-state index contributed by atoms with van der Waals surface area (Å²) in [5.74, 6) is -0.0318. The maximum atomic E-state index is 11.8. The van der Waals surface area contributed by atoms with Gasteiger partial charge in [-0.05, 0) is 50.2 Å². The third-order valence-corrected chi connectivity index (χ3v) is 2.73. The Labute approximate surface area is 108 Å². The van der Waals surface area contributed by atoms with Gasteiger partial charge in [0.1, 0.15) is 0 Å². The monoisotopic (exact) mass is 254 g/mol. The summed E-state index contributed by atoms with van der Waals surface area (Å²) in [5, 5.41) is 6.77. The zero-order valence-corrected chi connectivity index (χ0v) is 11.1. The van der Waals surface area contributed by atoms with Crippen LogP contribution in [0.5, 0.6) is 0 Å². The normalized spacial score (nSPS) is 10.3. The minimum atomic E-state index is -0.0318. The first-order valence-electron chi connectivity index (χ1n) is 5.90. The van der Waals surface area contributed by atoms with E-state index in [4.69, 9.17) is 11.6 Å². The lowest BCUT2D eigenvalue weighted by molar-refractivity contribution is 0.0952. The van der Waals surface area contributed by atoms with Crippen molar-refractivity contribution in [1.82, 2.24) is 10.6 Å². The number of aryl methyl sites for hydroxylation is 1. The third kappa shape index (κ3) is 4.75. The second kappa shape index (κ2) is 7.30. The summed E-state index contributed by atoms with van der Waals surface area (Å²) in [4.78, 5) is 11.8.